The van der Waals surface area contributed by atoms with Crippen LogP contribution >= 0.6 is 0 Å². The molecule has 1 aromatic rings. The van der Waals surface area contributed by atoms with Crippen LogP contribution in [0.2, 0.25) is 0 Å². The van der Waals surface area contributed by atoms with Crippen molar-refractivity contribution in [2.45, 2.75) is 109 Å². The summed E-state index contributed by atoms with van der Waals surface area (Å²) in [5.41, 5.74) is 1.49. The molecule has 1 aliphatic carbocycles. The third-order valence-corrected chi connectivity index (χ3v) is 5.56. The lowest BCUT2D eigenvalue weighted by Crippen LogP contribution is -2.40. The summed E-state index contributed by atoms with van der Waals surface area (Å²) in [4.78, 5) is 0. The van der Waals surface area contributed by atoms with Gasteiger partial charge < -0.3 is 5.32 Å². The minimum absolute atomic E-state index is 0.672. The summed E-state index contributed by atoms with van der Waals surface area (Å²) in [5.74, 6) is 0. The zero-order valence-electron chi connectivity index (χ0n) is 15.9. The van der Waals surface area contributed by atoms with Crippen molar-refractivity contribution in [1.29, 1.82) is 0 Å². The maximum atomic E-state index is 4.02. The summed E-state index contributed by atoms with van der Waals surface area (Å²) in [6.45, 7) is 2.30. The molecule has 1 unspecified atom stereocenters. The van der Waals surface area contributed by atoms with Crippen LogP contribution in [0.4, 0.5) is 0 Å². The Hall–Kier alpha value is -0.820. The highest BCUT2D eigenvalue weighted by Crippen LogP contribution is 2.20. The monoisotopic (exact) mass is 329 g/mol. The first-order valence-electron chi connectivity index (χ1n) is 10.7. The molecular formula is C23H39N. The molecule has 0 heterocycles. The highest BCUT2D eigenvalue weighted by molar-refractivity contribution is 5.16. The second-order valence-corrected chi connectivity index (χ2v) is 7.80. The summed E-state index contributed by atoms with van der Waals surface area (Å²) < 4.78 is 0. The van der Waals surface area contributed by atoms with Gasteiger partial charge in [-0.1, -0.05) is 101 Å². The van der Waals surface area contributed by atoms with Gasteiger partial charge in [0.05, 0.1) is 0 Å². The van der Waals surface area contributed by atoms with Crippen molar-refractivity contribution in [2.75, 3.05) is 0 Å². The van der Waals surface area contributed by atoms with E-state index < -0.39 is 0 Å². The normalized spacial score (nSPS) is 17.0. The molecule has 1 atom stereocenters. The number of rotatable bonds is 12. The van der Waals surface area contributed by atoms with Crippen molar-refractivity contribution >= 4 is 0 Å². The molecule has 1 fully saturated rings. The van der Waals surface area contributed by atoms with Gasteiger partial charge in [-0.2, -0.15) is 0 Å². The van der Waals surface area contributed by atoms with Crippen LogP contribution in [0.1, 0.15) is 96.0 Å². The Bertz CT molecular complexity index is 394. The fourth-order valence-corrected chi connectivity index (χ4v) is 4.09. The fourth-order valence-electron chi connectivity index (χ4n) is 4.09. The smallest absolute Gasteiger partial charge is 0.0110 e. The van der Waals surface area contributed by atoms with Crippen LogP contribution < -0.4 is 5.32 Å². The predicted molar refractivity (Wildman–Crippen MR) is 107 cm³/mol. The Labute approximate surface area is 150 Å². The Kier molecular flexibility index (Phi) is 10.2. The SMILES string of the molecule is CCCCCCCCCC(Cc1ccccc1)NC1CCCCC1. The van der Waals surface area contributed by atoms with Crippen LogP contribution in [0.15, 0.2) is 30.3 Å². The van der Waals surface area contributed by atoms with E-state index in [9.17, 15) is 0 Å². The summed E-state index contributed by atoms with van der Waals surface area (Å²) >= 11 is 0. The second-order valence-electron chi connectivity index (χ2n) is 7.80. The molecule has 0 spiro atoms. The molecule has 24 heavy (non-hydrogen) atoms. The number of benzene rings is 1. The van der Waals surface area contributed by atoms with E-state index in [1.165, 1.54) is 95.5 Å². The first-order valence-corrected chi connectivity index (χ1v) is 10.7. The van der Waals surface area contributed by atoms with Crippen molar-refractivity contribution in [3.8, 4) is 0 Å². The van der Waals surface area contributed by atoms with E-state index in [4.69, 9.17) is 0 Å². The van der Waals surface area contributed by atoms with Gasteiger partial charge in [0, 0.05) is 12.1 Å². The van der Waals surface area contributed by atoms with Crippen molar-refractivity contribution in [2.24, 2.45) is 0 Å². The molecule has 0 radical (unpaired) electrons. The average molecular weight is 330 g/mol. The quantitative estimate of drug-likeness (QED) is 0.423. The van der Waals surface area contributed by atoms with Gasteiger partial charge in [-0.15, -0.1) is 0 Å². The lowest BCUT2D eigenvalue weighted by Gasteiger charge is -2.29. The Balaban J connectivity index is 1.72. The summed E-state index contributed by atoms with van der Waals surface area (Å²) in [6, 6.07) is 12.5. The molecule has 0 bridgehead atoms. The minimum Gasteiger partial charge on any atom is -0.311 e. The Morgan fingerprint density at radius 2 is 1.54 bits per heavy atom. The summed E-state index contributed by atoms with van der Waals surface area (Å²) in [6.07, 6.45) is 19.5. The van der Waals surface area contributed by atoms with E-state index in [2.05, 4.69) is 42.6 Å². The molecule has 1 saturated carbocycles. The van der Waals surface area contributed by atoms with Crippen molar-refractivity contribution in [3.63, 3.8) is 0 Å². The van der Waals surface area contributed by atoms with E-state index in [1.54, 1.807) is 0 Å². The Morgan fingerprint density at radius 1 is 0.875 bits per heavy atom. The number of hydrogen-bond donors (Lipinski definition) is 1. The van der Waals surface area contributed by atoms with Crippen LogP contribution in [-0.4, -0.2) is 12.1 Å². The molecule has 1 heteroatoms. The second kappa shape index (κ2) is 12.5. The number of unbranched alkanes of at least 4 members (excludes halogenated alkanes) is 6. The standard InChI is InChI=1S/C23H39N/c1-2-3-4-5-6-7-12-19-23(20-21-15-10-8-11-16-21)24-22-17-13-9-14-18-22/h8,10-11,15-16,22-24H,2-7,9,12-14,17-20H2,1H3. The van der Waals surface area contributed by atoms with Gasteiger partial charge >= 0.3 is 0 Å². The summed E-state index contributed by atoms with van der Waals surface area (Å²) in [7, 11) is 0. The highest BCUT2D eigenvalue weighted by Gasteiger charge is 2.18. The predicted octanol–water partition coefficient (Wildman–Crippen LogP) is 6.66. The van der Waals surface area contributed by atoms with Crippen molar-refractivity contribution in [3.05, 3.63) is 35.9 Å². The number of nitrogens with one attached hydrogen (secondary N) is 1. The van der Waals surface area contributed by atoms with E-state index in [0.717, 1.165) is 6.04 Å². The van der Waals surface area contributed by atoms with Crippen LogP contribution in [0, 0.1) is 0 Å². The first kappa shape index (κ1) is 19.5. The zero-order valence-corrected chi connectivity index (χ0v) is 15.9. The Morgan fingerprint density at radius 3 is 2.25 bits per heavy atom. The van der Waals surface area contributed by atoms with Gasteiger partial charge in [0.15, 0.2) is 0 Å². The van der Waals surface area contributed by atoms with Crippen molar-refractivity contribution in [1.82, 2.24) is 5.32 Å². The molecule has 1 aliphatic rings. The molecule has 0 aliphatic heterocycles. The van der Waals surface area contributed by atoms with Gasteiger partial charge in [-0.3, -0.25) is 0 Å². The average Bonchev–Trinajstić information content (AvgIpc) is 2.62. The van der Waals surface area contributed by atoms with Crippen LogP contribution in [0.25, 0.3) is 0 Å². The van der Waals surface area contributed by atoms with E-state index in [0.29, 0.717) is 6.04 Å². The maximum Gasteiger partial charge on any atom is 0.0110 e. The lowest BCUT2D eigenvalue weighted by atomic mass is 9.92. The van der Waals surface area contributed by atoms with E-state index in [1.807, 2.05) is 0 Å². The summed E-state index contributed by atoms with van der Waals surface area (Å²) in [5, 5.41) is 4.02. The van der Waals surface area contributed by atoms with Gasteiger partial charge in [0.25, 0.3) is 0 Å². The molecule has 0 aromatic heterocycles. The lowest BCUT2D eigenvalue weighted by molar-refractivity contribution is 0.321. The number of hydrogen-bond acceptors (Lipinski definition) is 1. The fraction of sp³-hybridized carbons (Fsp3) is 0.739. The van der Waals surface area contributed by atoms with Crippen LogP contribution in [-0.2, 0) is 6.42 Å². The van der Waals surface area contributed by atoms with Gasteiger partial charge in [0.1, 0.15) is 0 Å². The van der Waals surface area contributed by atoms with Crippen molar-refractivity contribution < 1.29 is 0 Å². The minimum atomic E-state index is 0.672. The topological polar surface area (TPSA) is 12.0 Å². The van der Waals surface area contributed by atoms with E-state index in [-0.39, 0.29) is 0 Å². The molecule has 136 valence electrons. The van der Waals surface area contributed by atoms with Gasteiger partial charge in [-0.05, 0) is 31.2 Å². The molecule has 1 nitrogen and oxygen atoms in total. The zero-order chi connectivity index (χ0) is 16.9. The highest BCUT2D eigenvalue weighted by atomic mass is 14.9. The van der Waals surface area contributed by atoms with Gasteiger partial charge in [0.2, 0.25) is 0 Å². The largest absolute Gasteiger partial charge is 0.311 e. The molecular weight excluding hydrogens is 290 g/mol. The molecule has 2 rings (SSSR count). The first-order chi connectivity index (χ1) is 11.9. The molecule has 1 N–H and O–H groups in total. The molecule has 1 aromatic carbocycles. The van der Waals surface area contributed by atoms with Crippen LogP contribution in [0.3, 0.4) is 0 Å². The third-order valence-electron chi connectivity index (χ3n) is 5.56. The third kappa shape index (κ3) is 8.33. The van der Waals surface area contributed by atoms with Crippen LogP contribution in [0.5, 0.6) is 0 Å². The van der Waals surface area contributed by atoms with E-state index >= 15 is 0 Å². The maximum absolute atomic E-state index is 4.02. The molecule has 0 amide bonds. The van der Waals surface area contributed by atoms with Gasteiger partial charge in [-0.25, -0.2) is 0 Å². The molecule has 0 saturated heterocycles.